The Bertz CT molecular complexity index is 1080. The number of fused-ring (bicyclic) bond motifs is 1. The molecule has 0 N–H and O–H groups in total. The van der Waals surface area contributed by atoms with Gasteiger partial charge < -0.3 is 14.0 Å². The number of hydrogen-bond acceptors (Lipinski definition) is 7. The SMILES string of the molecule is COC(=O)c1c(OCCc2cccs2)cc(=O)n2c1CCN(Cc1cccnc1)CC2. The molecule has 31 heavy (non-hydrogen) atoms. The average Bonchev–Trinajstić information content (AvgIpc) is 3.21. The molecule has 0 fully saturated rings. The topological polar surface area (TPSA) is 73.7 Å². The van der Waals surface area contributed by atoms with Crippen LogP contribution >= 0.6 is 11.3 Å². The highest BCUT2D eigenvalue weighted by molar-refractivity contribution is 7.09. The quantitative estimate of drug-likeness (QED) is 0.527. The van der Waals surface area contributed by atoms with Gasteiger partial charge in [0.25, 0.3) is 5.56 Å². The van der Waals surface area contributed by atoms with Gasteiger partial charge in [0.05, 0.1) is 13.7 Å². The van der Waals surface area contributed by atoms with Crippen LogP contribution in [-0.4, -0.2) is 47.2 Å². The molecule has 0 bridgehead atoms. The maximum Gasteiger partial charge on any atom is 0.343 e. The van der Waals surface area contributed by atoms with Crippen molar-refractivity contribution in [1.82, 2.24) is 14.5 Å². The predicted molar refractivity (Wildman–Crippen MR) is 119 cm³/mol. The van der Waals surface area contributed by atoms with Crippen LogP contribution in [0.3, 0.4) is 0 Å². The van der Waals surface area contributed by atoms with Crippen LogP contribution in [0.4, 0.5) is 0 Å². The molecular weight excluding hydrogens is 414 g/mol. The highest BCUT2D eigenvalue weighted by Gasteiger charge is 2.26. The van der Waals surface area contributed by atoms with Gasteiger partial charge in [0, 0.05) is 68.1 Å². The van der Waals surface area contributed by atoms with Crippen LogP contribution in [0.5, 0.6) is 5.75 Å². The number of ether oxygens (including phenoxy) is 2. The van der Waals surface area contributed by atoms with Crippen molar-refractivity contribution in [2.24, 2.45) is 0 Å². The molecule has 0 spiro atoms. The number of nitrogens with zero attached hydrogens (tertiary/aromatic N) is 3. The average molecular weight is 440 g/mol. The van der Waals surface area contributed by atoms with Gasteiger partial charge in [-0.1, -0.05) is 12.1 Å². The van der Waals surface area contributed by atoms with E-state index in [0.29, 0.717) is 43.1 Å². The molecule has 0 aromatic carbocycles. The molecule has 7 nitrogen and oxygen atoms in total. The first-order valence-corrected chi connectivity index (χ1v) is 11.1. The van der Waals surface area contributed by atoms with Crippen molar-refractivity contribution in [2.45, 2.75) is 25.9 Å². The van der Waals surface area contributed by atoms with E-state index in [9.17, 15) is 9.59 Å². The Balaban J connectivity index is 1.57. The summed E-state index contributed by atoms with van der Waals surface area (Å²) >= 11 is 1.66. The van der Waals surface area contributed by atoms with Gasteiger partial charge in [0.15, 0.2) is 0 Å². The molecule has 0 atom stereocenters. The summed E-state index contributed by atoms with van der Waals surface area (Å²) in [6.45, 7) is 3.07. The zero-order valence-electron chi connectivity index (χ0n) is 17.5. The second-order valence-electron chi connectivity index (χ2n) is 7.38. The zero-order chi connectivity index (χ0) is 21.6. The van der Waals surface area contributed by atoms with Gasteiger partial charge in [-0.05, 0) is 23.1 Å². The van der Waals surface area contributed by atoms with Gasteiger partial charge in [0.2, 0.25) is 0 Å². The maximum absolute atomic E-state index is 12.9. The van der Waals surface area contributed by atoms with Crippen molar-refractivity contribution in [3.05, 3.63) is 80.2 Å². The van der Waals surface area contributed by atoms with Crippen LogP contribution in [0.25, 0.3) is 0 Å². The Kier molecular flexibility index (Phi) is 6.79. The van der Waals surface area contributed by atoms with Crippen molar-refractivity contribution < 1.29 is 14.3 Å². The van der Waals surface area contributed by atoms with E-state index in [4.69, 9.17) is 9.47 Å². The lowest BCUT2D eigenvalue weighted by atomic mass is 10.1. The lowest BCUT2D eigenvalue weighted by Crippen LogP contribution is -2.29. The molecular formula is C23H25N3O4S. The summed E-state index contributed by atoms with van der Waals surface area (Å²) in [5.74, 6) is -0.170. The van der Waals surface area contributed by atoms with Gasteiger partial charge in [-0.2, -0.15) is 0 Å². The van der Waals surface area contributed by atoms with Crippen molar-refractivity contribution in [3.8, 4) is 5.75 Å². The molecule has 0 unspecified atom stereocenters. The van der Waals surface area contributed by atoms with Crippen LogP contribution in [0.1, 0.15) is 26.5 Å². The largest absolute Gasteiger partial charge is 0.492 e. The molecule has 0 amide bonds. The Morgan fingerprint density at radius 3 is 2.87 bits per heavy atom. The molecule has 0 saturated carbocycles. The van der Waals surface area contributed by atoms with E-state index < -0.39 is 5.97 Å². The second-order valence-corrected chi connectivity index (χ2v) is 8.41. The molecule has 3 aromatic heterocycles. The summed E-state index contributed by atoms with van der Waals surface area (Å²) in [4.78, 5) is 33.2. The fourth-order valence-corrected chi connectivity index (χ4v) is 4.54. The van der Waals surface area contributed by atoms with Gasteiger partial charge >= 0.3 is 5.97 Å². The minimum absolute atomic E-state index is 0.156. The van der Waals surface area contributed by atoms with Crippen molar-refractivity contribution >= 4 is 17.3 Å². The predicted octanol–water partition coefficient (Wildman–Crippen LogP) is 2.77. The Morgan fingerprint density at radius 1 is 1.23 bits per heavy atom. The molecule has 4 rings (SSSR count). The van der Waals surface area contributed by atoms with E-state index in [1.165, 1.54) is 18.1 Å². The zero-order valence-corrected chi connectivity index (χ0v) is 18.3. The fraction of sp³-hybridized carbons (Fsp3) is 0.348. The summed E-state index contributed by atoms with van der Waals surface area (Å²) in [5, 5.41) is 2.02. The van der Waals surface area contributed by atoms with E-state index in [2.05, 4.69) is 9.88 Å². The third-order valence-electron chi connectivity index (χ3n) is 5.39. The summed E-state index contributed by atoms with van der Waals surface area (Å²) in [6.07, 6.45) is 4.88. The third-order valence-corrected chi connectivity index (χ3v) is 6.33. The first-order chi connectivity index (χ1) is 15.2. The lowest BCUT2D eigenvalue weighted by Gasteiger charge is -2.19. The number of pyridine rings is 2. The summed E-state index contributed by atoms with van der Waals surface area (Å²) in [7, 11) is 1.35. The van der Waals surface area contributed by atoms with Crippen LogP contribution in [0.2, 0.25) is 0 Å². The van der Waals surface area contributed by atoms with Crippen LogP contribution in [0, 0.1) is 0 Å². The second kappa shape index (κ2) is 9.89. The molecule has 0 aliphatic carbocycles. The Morgan fingerprint density at radius 2 is 2.13 bits per heavy atom. The maximum atomic E-state index is 12.9. The molecule has 162 valence electrons. The minimum atomic E-state index is -0.476. The first-order valence-electron chi connectivity index (χ1n) is 10.3. The molecule has 1 aliphatic heterocycles. The van der Waals surface area contributed by atoms with E-state index in [1.807, 2.05) is 35.8 Å². The number of methoxy groups -OCH3 is 1. The number of thiophene rings is 1. The molecule has 0 radical (unpaired) electrons. The molecule has 0 saturated heterocycles. The van der Waals surface area contributed by atoms with Crippen LogP contribution in [0.15, 0.2) is 52.9 Å². The van der Waals surface area contributed by atoms with E-state index in [-0.39, 0.29) is 5.56 Å². The van der Waals surface area contributed by atoms with Crippen LogP contribution in [-0.2, 0) is 30.7 Å². The van der Waals surface area contributed by atoms with Gasteiger partial charge in [-0.15, -0.1) is 11.3 Å². The fourth-order valence-electron chi connectivity index (χ4n) is 3.85. The Hall–Kier alpha value is -2.97. The van der Waals surface area contributed by atoms with E-state index >= 15 is 0 Å². The lowest BCUT2D eigenvalue weighted by molar-refractivity contribution is 0.0593. The first kappa shape index (κ1) is 21.3. The number of carbonyl (C=O) groups is 1. The van der Waals surface area contributed by atoms with Gasteiger partial charge in [-0.25, -0.2) is 4.79 Å². The number of aromatic nitrogens is 2. The number of esters is 1. The Labute approximate surface area is 184 Å². The number of hydrogen-bond donors (Lipinski definition) is 0. The van der Waals surface area contributed by atoms with Gasteiger partial charge in [0.1, 0.15) is 11.3 Å². The molecule has 4 heterocycles. The molecule has 3 aromatic rings. The van der Waals surface area contributed by atoms with E-state index in [0.717, 1.165) is 25.1 Å². The summed E-state index contributed by atoms with van der Waals surface area (Å²) < 4.78 is 12.6. The van der Waals surface area contributed by atoms with Gasteiger partial charge in [-0.3, -0.25) is 14.7 Å². The summed E-state index contributed by atoms with van der Waals surface area (Å²) in [5.41, 5.74) is 2.00. The molecule has 1 aliphatic rings. The normalized spacial score (nSPS) is 14.0. The van der Waals surface area contributed by atoms with Crippen molar-refractivity contribution in [1.29, 1.82) is 0 Å². The van der Waals surface area contributed by atoms with Crippen LogP contribution < -0.4 is 10.3 Å². The van der Waals surface area contributed by atoms with Crippen molar-refractivity contribution in [3.63, 3.8) is 0 Å². The monoisotopic (exact) mass is 439 g/mol. The number of carbonyl (C=O) groups excluding carboxylic acids is 1. The number of rotatable bonds is 7. The summed E-state index contributed by atoms with van der Waals surface area (Å²) in [6, 6.07) is 9.41. The minimum Gasteiger partial charge on any atom is -0.492 e. The third kappa shape index (κ3) is 5.03. The smallest absolute Gasteiger partial charge is 0.343 e. The van der Waals surface area contributed by atoms with E-state index in [1.54, 1.807) is 22.1 Å². The highest BCUT2D eigenvalue weighted by Crippen LogP contribution is 2.25. The van der Waals surface area contributed by atoms with Crippen molar-refractivity contribution in [2.75, 3.05) is 26.8 Å². The molecule has 8 heteroatoms. The highest BCUT2D eigenvalue weighted by atomic mass is 32.1. The standard InChI is InChI=1S/C23H25N3O4S/c1-29-23(28)22-19-6-9-25(16-17-4-2-8-24-15-17)10-11-26(19)21(27)14-20(22)30-12-7-18-5-3-13-31-18/h2-5,8,13-15H,6-7,9-12,16H2,1H3.